The fourth-order valence-electron chi connectivity index (χ4n) is 3.67. The summed E-state index contributed by atoms with van der Waals surface area (Å²) in [5.74, 6) is 0. The van der Waals surface area contributed by atoms with Crippen LogP contribution in [0.3, 0.4) is 0 Å². The highest BCUT2D eigenvalue weighted by Gasteiger charge is 2.46. The summed E-state index contributed by atoms with van der Waals surface area (Å²) in [5, 5.41) is 6.24. The third-order valence-electron chi connectivity index (χ3n) is 5.29. The molecule has 3 nitrogen and oxygen atoms in total. The summed E-state index contributed by atoms with van der Waals surface area (Å²) in [5.41, 5.74) is 4.14. The van der Waals surface area contributed by atoms with Crippen molar-refractivity contribution in [1.29, 1.82) is 0 Å². The van der Waals surface area contributed by atoms with E-state index in [0.717, 1.165) is 6.54 Å². The second-order valence-corrected chi connectivity index (χ2v) is 7.00. The molecular formula is C21H23N3. The number of fused-ring (bicyclic) bond motifs is 1. The van der Waals surface area contributed by atoms with Crippen LogP contribution < -0.4 is 5.32 Å². The lowest BCUT2D eigenvalue weighted by Gasteiger charge is -2.22. The Bertz CT molecular complexity index is 862. The second kappa shape index (κ2) is 5.99. The molecule has 1 fully saturated rings. The van der Waals surface area contributed by atoms with Gasteiger partial charge in [0.05, 0.1) is 5.69 Å². The lowest BCUT2D eigenvalue weighted by atomic mass is 9.96. The fourth-order valence-corrected chi connectivity index (χ4v) is 3.67. The van der Waals surface area contributed by atoms with E-state index in [4.69, 9.17) is 0 Å². The van der Waals surface area contributed by atoms with E-state index in [1.807, 2.05) is 24.7 Å². The molecule has 0 aliphatic heterocycles. The van der Waals surface area contributed by atoms with Crippen LogP contribution >= 0.6 is 0 Å². The van der Waals surface area contributed by atoms with Gasteiger partial charge in [0, 0.05) is 42.0 Å². The van der Waals surface area contributed by atoms with E-state index >= 15 is 0 Å². The van der Waals surface area contributed by atoms with Crippen LogP contribution in [0.2, 0.25) is 0 Å². The monoisotopic (exact) mass is 317 g/mol. The van der Waals surface area contributed by atoms with E-state index in [0.29, 0.717) is 6.04 Å². The number of benzene rings is 1. The zero-order valence-electron chi connectivity index (χ0n) is 14.3. The van der Waals surface area contributed by atoms with Crippen molar-refractivity contribution >= 4 is 10.8 Å². The van der Waals surface area contributed by atoms with Crippen molar-refractivity contribution in [3.05, 3.63) is 71.8 Å². The molecule has 1 aromatic carbocycles. The molecule has 4 rings (SSSR count). The minimum Gasteiger partial charge on any atom is -0.309 e. The van der Waals surface area contributed by atoms with Crippen molar-refractivity contribution in [1.82, 2.24) is 15.3 Å². The highest BCUT2D eigenvalue weighted by atomic mass is 14.9. The topological polar surface area (TPSA) is 37.8 Å². The summed E-state index contributed by atoms with van der Waals surface area (Å²) < 4.78 is 0. The number of aromatic nitrogens is 2. The molecule has 24 heavy (non-hydrogen) atoms. The molecule has 0 bridgehead atoms. The van der Waals surface area contributed by atoms with Crippen LogP contribution in [0.25, 0.3) is 10.8 Å². The average Bonchev–Trinajstić information content (AvgIpc) is 3.40. The molecule has 0 spiro atoms. The quantitative estimate of drug-likeness (QED) is 0.761. The highest BCUT2D eigenvalue weighted by molar-refractivity contribution is 5.85. The van der Waals surface area contributed by atoms with Crippen LogP contribution in [0.1, 0.15) is 42.6 Å². The normalized spacial score (nSPS) is 16.9. The van der Waals surface area contributed by atoms with Gasteiger partial charge in [-0.05, 0) is 55.3 Å². The minimum absolute atomic E-state index is 0.228. The first-order valence-corrected chi connectivity index (χ1v) is 8.68. The van der Waals surface area contributed by atoms with Crippen LogP contribution in [0.5, 0.6) is 0 Å². The summed E-state index contributed by atoms with van der Waals surface area (Å²) in [6.07, 6.45) is 8.18. The van der Waals surface area contributed by atoms with E-state index in [1.165, 1.54) is 40.4 Å². The molecule has 0 saturated heterocycles. The number of hydrogen-bond acceptors (Lipinski definition) is 3. The second-order valence-electron chi connectivity index (χ2n) is 7.00. The number of hydrogen-bond donors (Lipinski definition) is 1. The fraction of sp³-hybridized carbons (Fsp3) is 0.333. The van der Waals surface area contributed by atoms with Crippen molar-refractivity contribution < 1.29 is 0 Å². The first kappa shape index (κ1) is 15.3. The third-order valence-corrected chi connectivity index (χ3v) is 5.29. The summed E-state index contributed by atoms with van der Waals surface area (Å²) >= 11 is 0. The van der Waals surface area contributed by atoms with Crippen molar-refractivity contribution in [3.63, 3.8) is 0 Å². The van der Waals surface area contributed by atoms with Crippen molar-refractivity contribution in [3.8, 4) is 0 Å². The lowest BCUT2D eigenvalue weighted by molar-refractivity contribution is 0.504. The average molecular weight is 317 g/mol. The zero-order valence-corrected chi connectivity index (χ0v) is 14.3. The van der Waals surface area contributed by atoms with Gasteiger partial charge in [0.1, 0.15) is 0 Å². The molecule has 2 heterocycles. The molecule has 1 atom stereocenters. The van der Waals surface area contributed by atoms with Gasteiger partial charge in [0.15, 0.2) is 0 Å². The molecule has 0 radical (unpaired) electrons. The van der Waals surface area contributed by atoms with Gasteiger partial charge in [-0.1, -0.05) is 24.3 Å². The smallest absolute Gasteiger partial charge is 0.0507 e. The molecule has 2 aromatic heterocycles. The number of rotatable bonds is 5. The molecule has 3 aromatic rings. The summed E-state index contributed by atoms with van der Waals surface area (Å²) in [7, 11) is 0. The van der Waals surface area contributed by atoms with Gasteiger partial charge in [0.2, 0.25) is 0 Å². The minimum atomic E-state index is 0.228. The highest BCUT2D eigenvalue weighted by Crippen LogP contribution is 2.48. The van der Waals surface area contributed by atoms with E-state index < -0.39 is 0 Å². The van der Waals surface area contributed by atoms with Gasteiger partial charge in [0.25, 0.3) is 0 Å². The number of pyridine rings is 2. The predicted octanol–water partition coefficient (Wildman–Crippen LogP) is 4.32. The Kier molecular flexibility index (Phi) is 3.81. The van der Waals surface area contributed by atoms with E-state index in [1.54, 1.807) is 0 Å². The molecule has 1 N–H and O–H groups in total. The van der Waals surface area contributed by atoms with Gasteiger partial charge in [-0.3, -0.25) is 9.97 Å². The summed E-state index contributed by atoms with van der Waals surface area (Å²) in [4.78, 5) is 8.89. The Labute approximate surface area is 143 Å². The Morgan fingerprint density at radius 3 is 2.79 bits per heavy atom. The lowest BCUT2D eigenvalue weighted by Crippen LogP contribution is -2.30. The van der Waals surface area contributed by atoms with Crippen LogP contribution in [0.4, 0.5) is 0 Å². The molecule has 0 amide bonds. The Balaban J connectivity index is 1.55. The molecule has 3 heteroatoms. The molecule has 1 aliphatic carbocycles. The summed E-state index contributed by atoms with van der Waals surface area (Å²) in [6.45, 7) is 5.40. The maximum absolute atomic E-state index is 4.66. The standard InChI is InChI=1S/C21H23N3/c1-15-5-4-11-23-20(15)21(9-10-21)14-24-16(2)18-7-3-6-17-13-22-12-8-19(17)18/h3-8,11-13,16,24H,9-10,14H2,1-2H3. The number of nitrogens with zero attached hydrogens (tertiary/aromatic N) is 2. The molecule has 1 unspecified atom stereocenters. The predicted molar refractivity (Wildman–Crippen MR) is 98.0 cm³/mol. The summed E-state index contributed by atoms with van der Waals surface area (Å²) in [6, 6.07) is 13.1. The maximum Gasteiger partial charge on any atom is 0.0507 e. The molecule has 122 valence electrons. The van der Waals surface area contributed by atoms with Gasteiger partial charge in [-0.2, -0.15) is 0 Å². The van der Waals surface area contributed by atoms with Crippen molar-refractivity contribution in [2.45, 2.75) is 38.1 Å². The Morgan fingerprint density at radius 2 is 2.00 bits per heavy atom. The third kappa shape index (κ3) is 2.69. The van der Waals surface area contributed by atoms with Crippen LogP contribution in [-0.2, 0) is 5.41 Å². The van der Waals surface area contributed by atoms with E-state index in [9.17, 15) is 0 Å². The van der Waals surface area contributed by atoms with Gasteiger partial charge in [-0.15, -0.1) is 0 Å². The van der Waals surface area contributed by atoms with Gasteiger partial charge >= 0.3 is 0 Å². The first-order chi connectivity index (χ1) is 11.7. The van der Waals surface area contributed by atoms with E-state index in [-0.39, 0.29) is 5.41 Å². The molecule has 1 aliphatic rings. The van der Waals surface area contributed by atoms with Crippen LogP contribution in [-0.4, -0.2) is 16.5 Å². The number of nitrogens with one attached hydrogen (secondary N) is 1. The Hall–Kier alpha value is -2.26. The molecular weight excluding hydrogens is 294 g/mol. The van der Waals surface area contributed by atoms with Crippen molar-refractivity contribution in [2.24, 2.45) is 0 Å². The zero-order chi connectivity index (χ0) is 16.6. The SMILES string of the molecule is Cc1cccnc1C1(CNC(C)c2cccc3cnccc23)CC1. The van der Waals surface area contributed by atoms with Gasteiger partial charge < -0.3 is 5.32 Å². The van der Waals surface area contributed by atoms with Crippen molar-refractivity contribution in [2.75, 3.05) is 6.54 Å². The molecule has 1 saturated carbocycles. The van der Waals surface area contributed by atoms with E-state index in [2.05, 4.69) is 59.5 Å². The largest absolute Gasteiger partial charge is 0.309 e. The van der Waals surface area contributed by atoms with Crippen LogP contribution in [0.15, 0.2) is 55.0 Å². The number of aryl methyl sites for hydroxylation is 1. The maximum atomic E-state index is 4.66. The van der Waals surface area contributed by atoms with Crippen LogP contribution in [0, 0.1) is 6.92 Å². The Morgan fingerprint density at radius 1 is 1.12 bits per heavy atom. The first-order valence-electron chi connectivity index (χ1n) is 8.68. The van der Waals surface area contributed by atoms with Gasteiger partial charge in [-0.25, -0.2) is 0 Å².